The van der Waals surface area contributed by atoms with Gasteiger partial charge in [-0.3, -0.25) is 0 Å². The second-order valence-electron chi connectivity index (χ2n) is 5.09. The van der Waals surface area contributed by atoms with Crippen LogP contribution in [0, 0.1) is 12.8 Å². The van der Waals surface area contributed by atoms with Crippen molar-refractivity contribution < 1.29 is 0 Å². The standard InChI is InChI=1S/C13H23N3S/c1-11(10-16-5-3-4-6-16)7-14-8-13-9-15-12(2)17-13/h9,11,14H,3-8,10H2,1-2H3. The number of nitrogens with zero attached hydrogens (tertiary/aromatic N) is 2. The lowest BCUT2D eigenvalue weighted by molar-refractivity contribution is 0.283. The van der Waals surface area contributed by atoms with Crippen molar-refractivity contribution in [2.24, 2.45) is 5.92 Å². The molecule has 1 aromatic heterocycles. The van der Waals surface area contributed by atoms with Gasteiger partial charge in [0.1, 0.15) is 0 Å². The molecule has 96 valence electrons. The van der Waals surface area contributed by atoms with Crippen LogP contribution in [-0.2, 0) is 6.54 Å². The summed E-state index contributed by atoms with van der Waals surface area (Å²) in [6, 6.07) is 0. The van der Waals surface area contributed by atoms with Crippen LogP contribution in [0.4, 0.5) is 0 Å². The Labute approximate surface area is 108 Å². The zero-order valence-corrected chi connectivity index (χ0v) is 11.7. The summed E-state index contributed by atoms with van der Waals surface area (Å²) < 4.78 is 0. The average Bonchev–Trinajstić information content (AvgIpc) is 2.90. The molecule has 0 aliphatic carbocycles. The number of nitrogens with one attached hydrogen (secondary N) is 1. The summed E-state index contributed by atoms with van der Waals surface area (Å²) in [6.07, 6.45) is 4.76. The van der Waals surface area contributed by atoms with Gasteiger partial charge in [0, 0.05) is 24.2 Å². The molecular formula is C13H23N3S. The monoisotopic (exact) mass is 253 g/mol. The molecule has 1 N–H and O–H groups in total. The van der Waals surface area contributed by atoms with Crippen LogP contribution in [0.25, 0.3) is 0 Å². The van der Waals surface area contributed by atoms with Crippen LogP contribution in [-0.4, -0.2) is 36.1 Å². The van der Waals surface area contributed by atoms with Crippen molar-refractivity contribution in [3.05, 3.63) is 16.1 Å². The van der Waals surface area contributed by atoms with E-state index in [1.165, 1.54) is 37.4 Å². The summed E-state index contributed by atoms with van der Waals surface area (Å²) in [4.78, 5) is 8.20. The molecule has 4 heteroatoms. The Balaban J connectivity index is 1.60. The van der Waals surface area contributed by atoms with Crippen molar-refractivity contribution in [2.75, 3.05) is 26.2 Å². The van der Waals surface area contributed by atoms with Crippen molar-refractivity contribution in [3.63, 3.8) is 0 Å². The molecule has 1 aliphatic rings. The normalized spacial score (nSPS) is 18.7. The maximum Gasteiger partial charge on any atom is 0.0897 e. The molecule has 3 nitrogen and oxygen atoms in total. The van der Waals surface area contributed by atoms with Crippen LogP contribution in [0.15, 0.2) is 6.20 Å². The number of aryl methyl sites for hydroxylation is 1. The Morgan fingerprint density at radius 3 is 2.88 bits per heavy atom. The topological polar surface area (TPSA) is 28.2 Å². The Kier molecular flexibility index (Phi) is 4.95. The van der Waals surface area contributed by atoms with Crippen LogP contribution in [0.2, 0.25) is 0 Å². The zero-order valence-electron chi connectivity index (χ0n) is 10.9. The summed E-state index contributed by atoms with van der Waals surface area (Å²) >= 11 is 1.79. The predicted molar refractivity (Wildman–Crippen MR) is 73.4 cm³/mol. The summed E-state index contributed by atoms with van der Waals surface area (Å²) in [7, 11) is 0. The van der Waals surface area contributed by atoms with E-state index in [-0.39, 0.29) is 0 Å². The van der Waals surface area contributed by atoms with Gasteiger partial charge in [0.25, 0.3) is 0 Å². The van der Waals surface area contributed by atoms with Gasteiger partial charge in [-0.25, -0.2) is 4.98 Å². The van der Waals surface area contributed by atoms with Crippen molar-refractivity contribution in [1.29, 1.82) is 0 Å². The molecule has 2 rings (SSSR count). The van der Waals surface area contributed by atoms with Gasteiger partial charge >= 0.3 is 0 Å². The highest BCUT2D eigenvalue weighted by molar-refractivity contribution is 7.11. The summed E-state index contributed by atoms with van der Waals surface area (Å²) in [5, 5.41) is 4.69. The van der Waals surface area contributed by atoms with Crippen LogP contribution in [0.1, 0.15) is 29.7 Å². The molecule has 0 bridgehead atoms. The fourth-order valence-electron chi connectivity index (χ4n) is 2.40. The Morgan fingerprint density at radius 1 is 1.47 bits per heavy atom. The van der Waals surface area contributed by atoms with E-state index in [1.54, 1.807) is 11.3 Å². The second-order valence-corrected chi connectivity index (χ2v) is 6.41. The van der Waals surface area contributed by atoms with Gasteiger partial charge in [0.2, 0.25) is 0 Å². The maximum atomic E-state index is 4.27. The van der Waals surface area contributed by atoms with E-state index >= 15 is 0 Å². The number of rotatable bonds is 6. The maximum absolute atomic E-state index is 4.27. The molecule has 0 amide bonds. The lowest BCUT2D eigenvalue weighted by atomic mass is 10.1. The van der Waals surface area contributed by atoms with Gasteiger partial charge in [-0.1, -0.05) is 6.92 Å². The summed E-state index contributed by atoms with van der Waals surface area (Å²) in [5.41, 5.74) is 0. The van der Waals surface area contributed by atoms with Crippen molar-refractivity contribution in [1.82, 2.24) is 15.2 Å². The highest BCUT2D eigenvalue weighted by atomic mass is 32.1. The first-order valence-corrected chi connectivity index (χ1v) is 7.40. The van der Waals surface area contributed by atoms with Crippen LogP contribution < -0.4 is 5.32 Å². The fraction of sp³-hybridized carbons (Fsp3) is 0.769. The fourth-order valence-corrected chi connectivity index (χ4v) is 3.16. The van der Waals surface area contributed by atoms with Gasteiger partial charge in [0.05, 0.1) is 5.01 Å². The minimum absolute atomic E-state index is 0.738. The molecule has 2 heterocycles. The van der Waals surface area contributed by atoms with Crippen molar-refractivity contribution in [3.8, 4) is 0 Å². The third-order valence-electron chi connectivity index (χ3n) is 3.23. The lowest BCUT2D eigenvalue weighted by Gasteiger charge is -2.20. The molecule has 1 atom stereocenters. The summed E-state index contributed by atoms with van der Waals surface area (Å²) in [6.45, 7) is 10.3. The molecule has 0 spiro atoms. The Hall–Kier alpha value is -0.450. The average molecular weight is 253 g/mol. The minimum atomic E-state index is 0.738. The van der Waals surface area contributed by atoms with Crippen LogP contribution in [0.3, 0.4) is 0 Å². The second kappa shape index (κ2) is 6.47. The van der Waals surface area contributed by atoms with Gasteiger partial charge in [0.15, 0.2) is 0 Å². The lowest BCUT2D eigenvalue weighted by Crippen LogP contribution is -2.31. The number of thiazole rings is 1. The quantitative estimate of drug-likeness (QED) is 0.843. The predicted octanol–water partition coefficient (Wildman–Crippen LogP) is 2.27. The molecule has 0 saturated carbocycles. The largest absolute Gasteiger partial charge is 0.311 e. The smallest absolute Gasteiger partial charge is 0.0897 e. The van der Waals surface area contributed by atoms with Crippen LogP contribution in [0.5, 0.6) is 0 Å². The molecule has 1 aliphatic heterocycles. The molecule has 0 radical (unpaired) electrons. The minimum Gasteiger partial charge on any atom is -0.311 e. The first-order valence-electron chi connectivity index (χ1n) is 6.58. The zero-order chi connectivity index (χ0) is 12.1. The van der Waals surface area contributed by atoms with Gasteiger partial charge in [-0.05, 0) is 45.3 Å². The number of hydrogen-bond donors (Lipinski definition) is 1. The molecule has 0 aromatic carbocycles. The molecular weight excluding hydrogens is 230 g/mol. The van der Waals surface area contributed by atoms with Gasteiger partial charge in [-0.2, -0.15) is 0 Å². The van der Waals surface area contributed by atoms with E-state index in [2.05, 4.69) is 29.0 Å². The van der Waals surface area contributed by atoms with Crippen molar-refractivity contribution in [2.45, 2.75) is 33.2 Å². The molecule has 1 fully saturated rings. The number of aromatic nitrogens is 1. The van der Waals surface area contributed by atoms with Gasteiger partial charge < -0.3 is 10.2 Å². The highest BCUT2D eigenvalue weighted by Crippen LogP contribution is 2.12. The molecule has 1 aromatic rings. The number of likely N-dealkylation sites (tertiary alicyclic amines) is 1. The number of hydrogen-bond acceptors (Lipinski definition) is 4. The van der Waals surface area contributed by atoms with E-state index in [1.807, 2.05) is 6.20 Å². The summed E-state index contributed by atoms with van der Waals surface area (Å²) in [5.74, 6) is 0.738. The SMILES string of the molecule is Cc1ncc(CNCC(C)CN2CCCC2)s1. The highest BCUT2D eigenvalue weighted by Gasteiger charge is 2.14. The molecule has 1 saturated heterocycles. The van der Waals surface area contributed by atoms with Crippen LogP contribution >= 0.6 is 11.3 Å². The Bertz CT molecular complexity index is 331. The third kappa shape index (κ3) is 4.37. The van der Waals surface area contributed by atoms with E-state index in [4.69, 9.17) is 0 Å². The van der Waals surface area contributed by atoms with E-state index in [9.17, 15) is 0 Å². The Morgan fingerprint density at radius 2 is 2.24 bits per heavy atom. The first kappa shape index (κ1) is 13.0. The third-order valence-corrected chi connectivity index (χ3v) is 4.14. The van der Waals surface area contributed by atoms with E-state index in [0.717, 1.165) is 24.0 Å². The molecule has 1 unspecified atom stereocenters. The van der Waals surface area contributed by atoms with Crippen molar-refractivity contribution >= 4 is 11.3 Å². The van der Waals surface area contributed by atoms with Gasteiger partial charge in [-0.15, -0.1) is 11.3 Å². The molecule has 17 heavy (non-hydrogen) atoms. The van der Waals surface area contributed by atoms with E-state index in [0.29, 0.717) is 0 Å². The first-order chi connectivity index (χ1) is 8.24. The van der Waals surface area contributed by atoms with E-state index < -0.39 is 0 Å².